The quantitative estimate of drug-likeness (QED) is 0.724. The molecule has 104 valence electrons. The van der Waals surface area contributed by atoms with Crippen molar-refractivity contribution in [3.63, 3.8) is 0 Å². The minimum Gasteiger partial charge on any atom is -0.373 e. The number of rotatable bonds is 3. The molecule has 2 unspecified atom stereocenters. The molecule has 2 fully saturated rings. The minimum absolute atomic E-state index is 0.0669. The normalized spacial score (nSPS) is 37.4. The highest BCUT2D eigenvalue weighted by atomic mass is 16.5. The van der Waals surface area contributed by atoms with Crippen LogP contribution in [0.25, 0.3) is 0 Å². The summed E-state index contributed by atoms with van der Waals surface area (Å²) in [4.78, 5) is 14.0. The zero-order chi connectivity index (χ0) is 13.2. The molecule has 2 rings (SSSR count). The number of nitrogens with zero attached hydrogens (tertiary/aromatic N) is 1. The van der Waals surface area contributed by atoms with Crippen LogP contribution in [0.4, 0.5) is 0 Å². The van der Waals surface area contributed by atoms with Gasteiger partial charge in [-0.3, -0.25) is 4.90 Å². The molecule has 1 saturated heterocycles. The summed E-state index contributed by atoms with van der Waals surface area (Å²) in [5, 5.41) is 0. The molecule has 0 amide bonds. The maximum absolute atomic E-state index is 11.6. The van der Waals surface area contributed by atoms with E-state index in [1.54, 1.807) is 0 Å². The molecular formula is C15H27NO2. The van der Waals surface area contributed by atoms with E-state index in [1.165, 1.54) is 19.1 Å². The third kappa shape index (κ3) is 3.33. The second-order valence-corrected chi connectivity index (χ2v) is 7.00. The van der Waals surface area contributed by atoms with Gasteiger partial charge in [0.1, 0.15) is 6.29 Å². The lowest BCUT2D eigenvalue weighted by atomic mass is 9.70. The first-order valence-corrected chi connectivity index (χ1v) is 7.27. The van der Waals surface area contributed by atoms with Gasteiger partial charge in [0.05, 0.1) is 12.2 Å². The number of carbonyl (C=O) groups excluding carboxylic acids is 1. The summed E-state index contributed by atoms with van der Waals surface area (Å²) in [5.41, 5.74) is -0.159. The van der Waals surface area contributed by atoms with Crippen LogP contribution in [0, 0.1) is 11.3 Å². The summed E-state index contributed by atoms with van der Waals surface area (Å²) in [5.74, 6) is 0.693. The van der Waals surface area contributed by atoms with Crippen molar-refractivity contribution in [2.24, 2.45) is 11.3 Å². The molecule has 3 heteroatoms. The van der Waals surface area contributed by atoms with E-state index >= 15 is 0 Å². The molecule has 0 aromatic rings. The Morgan fingerprint density at radius 2 is 2.22 bits per heavy atom. The molecule has 1 saturated carbocycles. The Morgan fingerprint density at radius 1 is 1.44 bits per heavy atom. The van der Waals surface area contributed by atoms with Gasteiger partial charge in [-0.2, -0.15) is 0 Å². The van der Waals surface area contributed by atoms with Gasteiger partial charge >= 0.3 is 0 Å². The van der Waals surface area contributed by atoms with Gasteiger partial charge in [0.2, 0.25) is 0 Å². The summed E-state index contributed by atoms with van der Waals surface area (Å²) < 4.78 is 5.74. The number of ether oxygens (including phenoxy) is 1. The van der Waals surface area contributed by atoms with E-state index in [0.717, 1.165) is 39.1 Å². The molecule has 0 N–H and O–H groups in total. The Balaban J connectivity index is 1.99. The molecule has 0 aromatic heterocycles. The maximum atomic E-state index is 11.6. The van der Waals surface area contributed by atoms with E-state index in [2.05, 4.69) is 25.7 Å². The zero-order valence-corrected chi connectivity index (χ0v) is 12.1. The van der Waals surface area contributed by atoms with Crippen LogP contribution in [-0.2, 0) is 9.53 Å². The van der Waals surface area contributed by atoms with Gasteiger partial charge in [0, 0.05) is 25.0 Å². The maximum Gasteiger partial charge on any atom is 0.127 e. The predicted molar refractivity (Wildman–Crippen MR) is 72.6 cm³/mol. The lowest BCUT2D eigenvalue weighted by molar-refractivity contribution is -0.126. The van der Waals surface area contributed by atoms with Crippen LogP contribution < -0.4 is 0 Å². The molecule has 1 aliphatic heterocycles. The van der Waals surface area contributed by atoms with Crippen molar-refractivity contribution in [1.82, 2.24) is 4.90 Å². The monoisotopic (exact) mass is 253 g/mol. The Hall–Kier alpha value is -0.410. The highest BCUT2D eigenvalue weighted by molar-refractivity contribution is 5.60. The zero-order valence-electron chi connectivity index (χ0n) is 12.1. The predicted octanol–water partition coefficient (Wildman–Crippen LogP) is 2.49. The molecule has 2 atom stereocenters. The molecule has 3 nitrogen and oxygen atoms in total. The van der Waals surface area contributed by atoms with E-state index in [-0.39, 0.29) is 11.0 Å². The van der Waals surface area contributed by atoms with Crippen LogP contribution in [0.5, 0.6) is 0 Å². The SMILES string of the molecule is CC1CCCC(C=O)(CN2CCOC(C)(C)C2)C1. The van der Waals surface area contributed by atoms with Crippen molar-refractivity contribution >= 4 is 6.29 Å². The second kappa shape index (κ2) is 5.30. The standard InChI is InChI=1S/C15H27NO2/c1-13-5-4-6-15(9-13,12-17)11-16-7-8-18-14(2,3)10-16/h12-13H,4-11H2,1-3H3. The molecule has 1 aliphatic carbocycles. The molecule has 1 heterocycles. The fourth-order valence-corrected chi connectivity index (χ4v) is 3.68. The van der Waals surface area contributed by atoms with Crippen LogP contribution >= 0.6 is 0 Å². The fraction of sp³-hybridized carbons (Fsp3) is 0.933. The van der Waals surface area contributed by atoms with Crippen LogP contribution in [-0.4, -0.2) is 43.0 Å². The van der Waals surface area contributed by atoms with Crippen molar-refractivity contribution in [3.05, 3.63) is 0 Å². The smallest absolute Gasteiger partial charge is 0.127 e. The van der Waals surface area contributed by atoms with Gasteiger partial charge in [-0.05, 0) is 32.6 Å². The molecule has 2 aliphatic rings. The first-order chi connectivity index (χ1) is 8.45. The van der Waals surface area contributed by atoms with Crippen LogP contribution in [0.3, 0.4) is 0 Å². The van der Waals surface area contributed by atoms with Crippen LogP contribution in [0.2, 0.25) is 0 Å². The highest BCUT2D eigenvalue weighted by Crippen LogP contribution is 2.39. The van der Waals surface area contributed by atoms with Gasteiger partial charge in [-0.1, -0.05) is 19.8 Å². The average Bonchev–Trinajstić information content (AvgIpc) is 2.27. The van der Waals surface area contributed by atoms with E-state index in [4.69, 9.17) is 4.74 Å². The van der Waals surface area contributed by atoms with Gasteiger partial charge in [-0.15, -0.1) is 0 Å². The molecular weight excluding hydrogens is 226 g/mol. The summed E-state index contributed by atoms with van der Waals surface area (Å²) in [7, 11) is 0. The summed E-state index contributed by atoms with van der Waals surface area (Å²) >= 11 is 0. The molecule has 0 spiro atoms. The lowest BCUT2D eigenvalue weighted by Gasteiger charge is -2.44. The molecule has 18 heavy (non-hydrogen) atoms. The average molecular weight is 253 g/mol. The summed E-state index contributed by atoms with van der Waals surface area (Å²) in [6.07, 6.45) is 5.86. The van der Waals surface area contributed by atoms with Crippen molar-refractivity contribution in [2.75, 3.05) is 26.2 Å². The first-order valence-electron chi connectivity index (χ1n) is 7.27. The van der Waals surface area contributed by atoms with Gasteiger partial charge in [0.15, 0.2) is 0 Å². The number of hydrogen-bond donors (Lipinski definition) is 0. The van der Waals surface area contributed by atoms with Crippen molar-refractivity contribution in [1.29, 1.82) is 0 Å². The second-order valence-electron chi connectivity index (χ2n) is 7.00. The van der Waals surface area contributed by atoms with E-state index < -0.39 is 0 Å². The fourth-order valence-electron chi connectivity index (χ4n) is 3.68. The van der Waals surface area contributed by atoms with Gasteiger partial charge in [0.25, 0.3) is 0 Å². The lowest BCUT2D eigenvalue weighted by Crippen LogP contribution is -2.52. The van der Waals surface area contributed by atoms with Gasteiger partial charge in [-0.25, -0.2) is 0 Å². The van der Waals surface area contributed by atoms with E-state index in [1.807, 2.05) is 0 Å². The van der Waals surface area contributed by atoms with Crippen LogP contribution in [0.15, 0.2) is 0 Å². The van der Waals surface area contributed by atoms with Crippen molar-refractivity contribution in [3.8, 4) is 0 Å². The minimum atomic E-state index is -0.0922. The van der Waals surface area contributed by atoms with Gasteiger partial charge < -0.3 is 9.53 Å². The third-order valence-electron chi connectivity index (χ3n) is 4.42. The molecule has 0 bridgehead atoms. The van der Waals surface area contributed by atoms with Crippen molar-refractivity contribution in [2.45, 2.75) is 52.1 Å². The number of carbonyl (C=O) groups is 1. The third-order valence-corrected chi connectivity index (χ3v) is 4.42. The Bertz CT molecular complexity index is 303. The van der Waals surface area contributed by atoms with Crippen molar-refractivity contribution < 1.29 is 9.53 Å². The molecule has 0 radical (unpaired) electrons. The Labute approximate surface area is 111 Å². The Kier molecular flexibility index (Phi) is 4.12. The number of aldehydes is 1. The summed E-state index contributed by atoms with van der Waals surface area (Å²) in [6, 6.07) is 0. The number of hydrogen-bond acceptors (Lipinski definition) is 3. The van der Waals surface area contributed by atoms with E-state index in [0.29, 0.717) is 5.92 Å². The first kappa shape index (κ1) is 14.0. The largest absolute Gasteiger partial charge is 0.373 e. The summed E-state index contributed by atoms with van der Waals surface area (Å²) in [6.45, 7) is 10.2. The van der Waals surface area contributed by atoms with E-state index in [9.17, 15) is 4.79 Å². The van der Waals surface area contributed by atoms with Crippen LogP contribution in [0.1, 0.15) is 46.5 Å². The topological polar surface area (TPSA) is 29.5 Å². The highest BCUT2D eigenvalue weighted by Gasteiger charge is 2.38. The number of morpholine rings is 1. The molecule has 0 aromatic carbocycles. The Morgan fingerprint density at radius 3 is 2.83 bits per heavy atom.